The summed E-state index contributed by atoms with van der Waals surface area (Å²) in [5, 5.41) is 8.05. The van der Waals surface area contributed by atoms with Crippen molar-refractivity contribution in [1.82, 2.24) is 30.3 Å². The second kappa shape index (κ2) is 6.45. The lowest BCUT2D eigenvalue weighted by Gasteiger charge is -2.29. The van der Waals surface area contributed by atoms with Crippen LogP contribution in [-0.2, 0) is 0 Å². The van der Waals surface area contributed by atoms with Crippen LogP contribution in [0.5, 0.6) is 0 Å². The summed E-state index contributed by atoms with van der Waals surface area (Å²) >= 11 is 6.39. The van der Waals surface area contributed by atoms with Gasteiger partial charge in [-0.15, -0.1) is 0 Å². The van der Waals surface area contributed by atoms with Crippen LogP contribution in [0, 0.1) is 0 Å². The number of halogens is 1. The fraction of sp³-hybridized carbons (Fsp3) is 0.375. The van der Waals surface area contributed by atoms with E-state index < -0.39 is 0 Å². The van der Waals surface area contributed by atoms with Gasteiger partial charge < -0.3 is 19.7 Å². The van der Waals surface area contributed by atoms with Crippen molar-refractivity contribution in [2.75, 3.05) is 20.1 Å². The van der Waals surface area contributed by atoms with Crippen LogP contribution in [0.1, 0.15) is 23.5 Å². The first kappa shape index (κ1) is 16.0. The molecular weight excluding hydrogens is 344 g/mol. The summed E-state index contributed by atoms with van der Waals surface area (Å²) in [4.78, 5) is 26.0. The number of pyridine rings is 1. The number of likely N-dealkylation sites (N-methyl/N-ethyl adjacent to an activating group) is 1. The van der Waals surface area contributed by atoms with Crippen LogP contribution in [0.15, 0.2) is 23.0 Å². The summed E-state index contributed by atoms with van der Waals surface area (Å²) in [6, 6.07) is 1.91. The maximum atomic E-state index is 12.3. The van der Waals surface area contributed by atoms with Gasteiger partial charge in [-0.3, -0.25) is 4.79 Å². The standard InChI is InChI=1S/C16H17ClN6O2/c1-23-6-2-3-9(8-23)20-15(24)16-21-14(22-25-16)11-7-19-13-10(12(11)17)4-5-18-13/h4-5,7,9H,2-3,6,8H2,1H3,(H,18,19)(H,20,24). The first-order valence-electron chi connectivity index (χ1n) is 8.07. The lowest BCUT2D eigenvalue weighted by Crippen LogP contribution is -2.46. The second-order valence-electron chi connectivity index (χ2n) is 6.22. The molecule has 1 amide bonds. The number of nitrogens with zero attached hydrogens (tertiary/aromatic N) is 4. The molecule has 0 aliphatic carbocycles. The molecule has 9 heteroatoms. The molecule has 0 saturated carbocycles. The first-order chi connectivity index (χ1) is 12.1. The van der Waals surface area contributed by atoms with Gasteiger partial charge >= 0.3 is 11.8 Å². The van der Waals surface area contributed by atoms with Crippen molar-refractivity contribution in [2.45, 2.75) is 18.9 Å². The SMILES string of the molecule is CN1CCCC(NC(=O)c2nc(-c3cnc4[nH]ccc4c3Cl)no2)C1. The van der Waals surface area contributed by atoms with E-state index in [1.54, 1.807) is 12.4 Å². The molecule has 3 aromatic rings. The third-order valence-corrected chi connectivity index (χ3v) is 4.75. The molecule has 2 N–H and O–H groups in total. The molecule has 1 atom stereocenters. The van der Waals surface area contributed by atoms with Crippen molar-refractivity contribution in [3.63, 3.8) is 0 Å². The number of piperidine rings is 1. The van der Waals surface area contributed by atoms with E-state index in [0.29, 0.717) is 16.2 Å². The molecule has 1 saturated heterocycles. The minimum absolute atomic E-state index is 0.0755. The number of hydrogen-bond acceptors (Lipinski definition) is 6. The summed E-state index contributed by atoms with van der Waals surface area (Å²) in [6.45, 7) is 1.86. The highest BCUT2D eigenvalue weighted by Crippen LogP contribution is 2.31. The van der Waals surface area contributed by atoms with Gasteiger partial charge in [-0.1, -0.05) is 16.8 Å². The first-order valence-corrected chi connectivity index (χ1v) is 8.44. The molecule has 1 fully saturated rings. The van der Waals surface area contributed by atoms with E-state index in [-0.39, 0.29) is 23.7 Å². The van der Waals surface area contributed by atoms with E-state index in [9.17, 15) is 4.79 Å². The van der Waals surface area contributed by atoms with Crippen LogP contribution in [0.2, 0.25) is 5.02 Å². The van der Waals surface area contributed by atoms with Gasteiger partial charge in [0.05, 0.1) is 10.6 Å². The normalized spacial score (nSPS) is 18.6. The Hall–Kier alpha value is -2.45. The Kier molecular flexibility index (Phi) is 4.14. The maximum absolute atomic E-state index is 12.3. The largest absolute Gasteiger partial charge is 0.346 e. The number of fused-ring (bicyclic) bond motifs is 1. The zero-order valence-electron chi connectivity index (χ0n) is 13.6. The van der Waals surface area contributed by atoms with Gasteiger partial charge in [0.15, 0.2) is 0 Å². The zero-order valence-corrected chi connectivity index (χ0v) is 14.4. The molecule has 1 aliphatic rings. The van der Waals surface area contributed by atoms with E-state index in [1.165, 1.54) is 0 Å². The molecule has 25 heavy (non-hydrogen) atoms. The number of hydrogen-bond donors (Lipinski definition) is 2. The number of amides is 1. The maximum Gasteiger partial charge on any atom is 0.316 e. The highest BCUT2D eigenvalue weighted by atomic mass is 35.5. The fourth-order valence-corrected chi connectivity index (χ4v) is 3.37. The topological polar surface area (TPSA) is 99.9 Å². The van der Waals surface area contributed by atoms with Crippen molar-refractivity contribution in [2.24, 2.45) is 0 Å². The van der Waals surface area contributed by atoms with Gasteiger partial charge in [0, 0.05) is 30.4 Å². The number of carbonyl (C=O) groups excluding carboxylic acids is 1. The highest BCUT2D eigenvalue weighted by Gasteiger charge is 2.24. The molecule has 0 radical (unpaired) electrons. The lowest BCUT2D eigenvalue weighted by atomic mass is 10.1. The molecule has 4 heterocycles. The number of H-pyrrole nitrogens is 1. The molecule has 130 valence electrons. The summed E-state index contributed by atoms with van der Waals surface area (Å²) in [5.74, 6) is -0.203. The van der Waals surface area contributed by atoms with Gasteiger partial charge in [-0.05, 0) is 32.5 Å². The van der Waals surface area contributed by atoms with E-state index in [2.05, 4.69) is 30.3 Å². The van der Waals surface area contributed by atoms with Gasteiger partial charge in [0.1, 0.15) is 5.65 Å². The average molecular weight is 361 g/mol. The van der Waals surface area contributed by atoms with Gasteiger partial charge in [-0.25, -0.2) is 4.98 Å². The van der Waals surface area contributed by atoms with Crippen LogP contribution in [0.25, 0.3) is 22.4 Å². The summed E-state index contributed by atoms with van der Waals surface area (Å²) in [6.07, 6.45) is 5.30. The number of rotatable bonds is 3. The number of likely N-dealkylation sites (tertiary alicyclic amines) is 1. The van der Waals surface area contributed by atoms with Crippen LogP contribution < -0.4 is 5.32 Å². The molecule has 4 rings (SSSR count). The monoisotopic (exact) mass is 360 g/mol. The van der Waals surface area contributed by atoms with Crippen molar-refractivity contribution in [3.8, 4) is 11.4 Å². The minimum Gasteiger partial charge on any atom is -0.346 e. The minimum atomic E-state index is -0.370. The molecular formula is C16H17ClN6O2. The van der Waals surface area contributed by atoms with Crippen molar-refractivity contribution in [3.05, 3.63) is 29.4 Å². The Bertz CT molecular complexity index is 920. The molecule has 1 unspecified atom stereocenters. The van der Waals surface area contributed by atoms with E-state index in [1.807, 2.05) is 13.1 Å². The Labute approximate surface area is 148 Å². The van der Waals surface area contributed by atoms with Crippen LogP contribution in [-0.4, -0.2) is 57.1 Å². The Morgan fingerprint density at radius 3 is 3.24 bits per heavy atom. The number of aromatic amines is 1. The van der Waals surface area contributed by atoms with Crippen LogP contribution >= 0.6 is 11.6 Å². The number of carbonyl (C=O) groups is 1. The lowest BCUT2D eigenvalue weighted by molar-refractivity contribution is 0.0868. The Morgan fingerprint density at radius 2 is 2.40 bits per heavy atom. The Morgan fingerprint density at radius 1 is 1.52 bits per heavy atom. The van der Waals surface area contributed by atoms with Gasteiger partial charge in [0.2, 0.25) is 5.82 Å². The zero-order chi connectivity index (χ0) is 17.4. The van der Waals surface area contributed by atoms with Crippen molar-refractivity contribution >= 4 is 28.5 Å². The predicted molar refractivity (Wildman–Crippen MR) is 92.4 cm³/mol. The molecule has 8 nitrogen and oxygen atoms in total. The third kappa shape index (κ3) is 3.10. The van der Waals surface area contributed by atoms with Gasteiger partial charge in [0.25, 0.3) is 0 Å². The number of aromatic nitrogens is 4. The average Bonchev–Trinajstić information content (AvgIpc) is 3.25. The highest BCUT2D eigenvalue weighted by molar-refractivity contribution is 6.37. The van der Waals surface area contributed by atoms with Crippen molar-refractivity contribution < 1.29 is 9.32 Å². The Balaban J connectivity index is 1.54. The van der Waals surface area contributed by atoms with E-state index in [4.69, 9.17) is 16.1 Å². The summed E-state index contributed by atoms with van der Waals surface area (Å²) in [5.41, 5.74) is 1.20. The van der Waals surface area contributed by atoms with Gasteiger partial charge in [-0.2, -0.15) is 4.98 Å². The summed E-state index contributed by atoms with van der Waals surface area (Å²) < 4.78 is 5.12. The smallest absolute Gasteiger partial charge is 0.316 e. The predicted octanol–water partition coefficient (Wildman–Crippen LogP) is 2.09. The molecule has 0 aromatic carbocycles. The molecule has 1 aliphatic heterocycles. The van der Waals surface area contributed by atoms with Crippen LogP contribution in [0.4, 0.5) is 0 Å². The van der Waals surface area contributed by atoms with E-state index in [0.717, 1.165) is 31.3 Å². The molecule has 3 aromatic heterocycles. The molecule has 0 bridgehead atoms. The second-order valence-corrected chi connectivity index (χ2v) is 6.60. The quantitative estimate of drug-likeness (QED) is 0.741. The van der Waals surface area contributed by atoms with Crippen LogP contribution in [0.3, 0.4) is 0 Å². The third-order valence-electron chi connectivity index (χ3n) is 4.34. The summed E-state index contributed by atoms with van der Waals surface area (Å²) in [7, 11) is 2.04. The van der Waals surface area contributed by atoms with E-state index >= 15 is 0 Å². The molecule has 0 spiro atoms. The van der Waals surface area contributed by atoms with Crippen molar-refractivity contribution in [1.29, 1.82) is 0 Å². The number of nitrogens with one attached hydrogen (secondary N) is 2. The fourth-order valence-electron chi connectivity index (χ4n) is 3.09.